The first-order valence-electron chi connectivity index (χ1n) is 22.7. The van der Waals surface area contributed by atoms with Crippen LogP contribution >= 0.6 is 7.82 Å². The monoisotopic (exact) mass is 883 g/mol. The number of esters is 2. The van der Waals surface area contributed by atoms with E-state index in [4.69, 9.17) is 18.5 Å². The maximum absolute atomic E-state index is 12.8. The van der Waals surface area contributed by atoms with E-state index in [0.717, 1.165) is 51.4 Å². The van der Waals surface area contributed by atoms with Crippen molar-refractivity contribution < 1.29 is 63.1 Å². The molecule has 0 aromatic carbocycles. The van der Waals surface area contributed by atoms with Gasteiger partial charge in [-0.25, -0.2) is 4.57 Å². The van der Waals surface area contributed by atoms with E-state index in [9.17, 15) is 44.6 Å². The smallest absolute Gasteiger partial charge is 0.462 e. The molecule has 0 aromatic heterocycles. The molecule has 6 N–H and O–H groups in total. The maximum Gasteiger partial charge on any atom is 0.472 e. The second kappa shape index (κ2) is 36.7. The first-order valence-corrected chi connectivity index (χ1v) is 24.2. The van der Waals surface area contributed by atoms with Gasteiger partial charge in [0.2, 0.25) is 0 Å². The van der Waals surface area contributed by atoms with Gasteiger partial charge in [0.05, 0.1) is 6.61 Å². The molecule has 8 atom stereocenters. The van der Waals surface area contributed by atoms with E-state index in [0.29, 0.717) is 19.3 Å². The number of hydrogen-bond donors (Lipinski definition) is 6. The Morgan fingerprint density at radius 2 is 0.951 bits per heavy atom. The lowest BCUT2D eigenvalue weighted by Gasteiger charge is -2.41. The van der Waals surface area contributed by atoms with Crippen LogP contribution < -0.4 is 0 Å². The van der Waals surface area contributed by atoms with E-state index in [2.05, 4.69) is 74.6 Å². The summed E-state index contributed by atoms with van der Waals surface area (Å²) in [5.41, 5.74) is 0. The highest BCUT2D eigenvalue weighted by molar-refractivity contribution is 7.47. The van der Waals surface area contributed by atoms with E-state index in [1.807, 2.05) is 12.2 Å². The van der Waals surface area contributed by atoms with Crippen LogP contribution in [0.2, 0.25) is 0 Å². The molecule has 1 saturated carbocycles. The van der Waals surface area contributed by atoms with Gasteiger partial charge in [0.1, 0.15) is 43.2 Å². The molecule has 1 rings (SSSR count). The zero-order valence-corrected chi connectivity index (χ0v) is 37.8. The molecule has 14 heteroatoms. The number of unbranched alkanes of at least 4 members (excludes halogenated alkanes) is 12. The SMILES string of the molecule is CC/C=C/C/C=C/C/C=C/C/C=C/CCCCC(=O)OC[C@H](COP(=O)(O)OC1C(O)C(O)C(O)[C@H](O)C1O)OC(=O)CCC/C=C/C/C=C/CCCCCCCCCCC. The average molecular weight is 883 g/mol. The number of carbonyl (C=O) groups is 2. The number of allylic oxidation sites excluding steroid dienone is 12. The fourth-order valence-corrected chi connectivity index (χ4v) is 7.35. The summed E-state index contributed by atoms with van der Waals surface area (Å²) >= 11 is 0. The van der Waals surface area contributed by atoms with Crippen LogP contribution in [-0.2, 0) is 32.7 Å². The number of aliphatic hydroxyl groups is 5. The Labute approximate surface area is 365 Å². The molecular formula is C47H79O13P. The lowest BCUT2D eigenvalue weighted by Crippen LogP contribution is -2.64. The average Bonchev–Trinajstić information content (AvgIpc) is 3.24. The van der Waals surface area contributed by atoms with Crippen LogP contribution in [0.5, 0.6) is 0 Å². The summed E-state index contributed by atoms with van der Waals surface area (Å²) < 4.78 is 33.4. The molecule has 61 heavy (non-hydrogen) atoms. The van der Waals surface area contributed by atoms with Crippen molar-refractivity contribution in [3.05, 3.63) is 72.9 Å². The summed E-state index contributed by atoms with van der Waals surface area (Å²) in [5.74, 6) is -1.21. The van der Waals surface area contributed by atoms with Gasteiger partial charge in [-0.2, -0.15) is 0 Å². The molecule has 0 amide bonds. The van der Waals surface area contributed by atoms with Crippen LogP contribution in [0.1, 0.15) is 155 Å². The molecular weight excluding hydrogens is 803 g/mol. The van der Waals surface area contributed by atoms with Crippen molar-refractivity contribution in [2.75, 3.05) is 13.2 Å². The molecule has 0 radical (unpaired) electrons. The summed E-state index contributed by atoms with van der Waals surface area (Å²) in [6.07, 6.45) is 32.6. The predicted molar refractivity (Wildman–Crippen MR) is 239 cm³/mol. The van der Waals surface area contributed by atoms with Crippen LogP contribution in [0.4, 0.5) is 0 Å². The largest absolute Gasteiger partial charge is 0.472 e. The number of rotatable bonds is 36. The van der Waals surface area contributed by atoms with Gasteiger partial charge in [0.25, 0.3) is 0 Å². The third-order valence-corrected chi connectivity index (χ3v) is 11.0. The van der Waals surface area contributed by atoms with E-state index in [-0.39, 0.29) is 12.8 Å². The van der Waals surface area contributed by atoms with E-state index >= 15 is 0 Å². The standard InChI is InChI=1S/C47H79O13P/c1-3-5-7-9-11-13-15-17-19-20-22-24-26-28-30-32-34-36-41(49)59-39(38-58-61(55,56)60-47-45(53)43(51)42(50)44(52)46(47)54)37-57-40(48)35-33-31-29-27-25-23-21-18-16-14-12-10-8-6-4-2/h6,8,12,14,18,21-22,24-25,27-28,30,39,42-47,50-54H,3-5,7,9-11,13,15-17,19-20,23,26,29,31-38H2,1-2H3,(H,55,56)/b8-6+,14-12+,21-18+,24-22+,27-25+,30-28+/t39-,42?,43+,44?,45?,46?,47?/m1/s1. The van der Waals surface area contributed by atoms with Crippen molar-refractivity contribution in [1.82, 2.24) is 0 Å². The highest BCUT2D eigenvalue weighted by atomic mass is 31.2. The molecule has 0 aromatic rings. The van der Waals surface area contributed by atoms with Crippen molar-refractivity contribution in [2.24, 2.45) is 0 Å². The quantitative estimate of drug-likeness (QED) is 0.0151. The molecule has 350 valence electrons. The van der Waals surface area contributed by atoms with E-state index in [1.54, 1.807) is 0 Å². The molecule has 0 spiro atoms. The molecule has 1 aliphatic rings. The number of phosphoric ester groups is 1. The predicted octanol–water partition coefficient (Wildman–Crippen LogP) is 8.72. The maximum atomic E-state index is 12.8. The molecule has 13 nitrogen and oxygen atoms in total. The van der Waals surface area contributed by atoms with Crippen molar-refractivity contribution in [1.29, 1.82) is 0 Å². The minimum Gasteiger partial charge on any atom is -0.462 e. The highest BCUT2D eigenvalue weighted by Gasteiger charge is 2.51. The fraction of sp³-hybridized carbons (Fsp3) is 0.702. The number of carbonyl (C=O) groups excluding carboxylic acids is 2. The van der Waals surface area contributed by atoms with Gasteiger partial charge < -0.3 is 39.9 Å². The lowest BCUT2D eigenvalue weighted by molar-refractivity contribution is -0.220. The minimum atomic E-state index is -5.14. The summed E-state index contributed by atoms with van der Waals surface area (Å²) in [6, 6.07) is 0. The zero-order chi connectivity index (χ0) is 45.0. The van der Waals surface area contributed by atoms with Gasteiger partial charge in [0, 0.05) is 12.8 Å². The van der Waals surface area contributed by atoms with Gasteiger partial charge in [-0.15, -0.1) is 0 Å². The molecule has 0 heterocycles. The summed E-state index contributed by atoms with van der Waals surface area (Å²) in [6.45, 7) is 3.10. The Bertz CT molecular complexity index is 1340. The van der Waals surface area contributed by atoms with E-state index in [1.165, 1.54) is 57.8 Å². The Balaban J connectivity index is 2.53. The van der Waals surface area contributed by atoms with Crippen LogP contribution in [0.25, 0.3) is 0 Å². The van der Waals surface area contributed by atoms with Crippen molar-refractivity contribution in [3.8, 4) is 0 Å². The number of hydrogen-bond acceptors (Lipinski definition) is 12. The first kappa shape index (κ1) is 56.3. The molecule has 6 unspecified atom stereocenters. The summed E-state index contributed by atoms with van der Waals surface area (Å²) in [7, 11) is -5.14. The lowest BCUT2D eigenvalue weighted by atomic mass is 9.85. The van der Waals surface area contributed by atoms with Crippen LogP contribution in [-0.4, -0.2) is 98.3 Å². The third kappa shape index (κ3) is 29.3. The fourth-order valence-electron chi connectivity index (χ4n) is 6.37. The Morgan fingerprint density at radius 3 is 1.48 bits per heavy atom. The summed E-state index contributed by atoms with van der Waals surface area (Å²) in [5, 5.41) is 50.1. The normalized spacial score (nSPS) is 22.7. The second-order valence-corrected chi connectivity index (χ2v) is 16.9. The zero-order valence-electron chi connectivity index (χ0n) is 36.9. The molecule has 0 bridgehead atoms. The third-order valence-electron chi connectivity index (χ3n) is 10.0. The Hall–Kier alpha value is -2.71. The number of phosphoric acid groups is 1. The van der Waals surface area contributed by atoms with Gasteiger partial charge in [-0.1, -0.05) is 138 Å². The second-order valence-electron chi connectivity index (χ2n) is 15.5. The van der Waals surface area contributed by atoms with Crippen LogP contribution in [0.15, 0.2) is 72.9 Å². The van der Waals surface area contributed by atoms with Gasteiger partial charge in [0.15, 0.2) is 6.10 Å². The van der Waals surface area contributed by atoms with Crippen LogP contribution in [0.3, 0.4) is 0 Å². The van der Waals surface area contributed by atoms with Gasteiger partial charge in [-0.3, -0.25) is 18.6 Å². The van der Waals surface area contributed by atoms with Crippen molar-refractivity contribution in [2.45, 2.75) is 198 Å². The van der Waals surface area contributed by atoms with Gasteiger partial charge in [-0.05, 0) is 77.0 Å². The Kier molecular flexibility index (Phi) is 33.9. The number of aliphatic hydroxyl groups excluding tert-OH is 5. The topological polar surface area (TPSA) is 210 Å². The van der Waals surface area contributed by atoms with Gasteiger partial charge >= 0.3 is 19.8 Å². The first-order chi connectivity index (χ1) is 29.4. The molecule has 0 saturated heterocycles. The number of ether oxygens (including phenoxy) is 2. The molecule has 1 fully saturated rings. The minimum absolute atomic E-state index is 0.0202. The van der Waals surface area contributed by atoms with E-state index < -0.39 is 75.7 Å². The Morgan fingerprint density at radius 1 is 0.525 bits per heavy atom. The highest BCUT2D eigenvalue weighted by Crippen LogP contribution is 2.47. The molecule has 1 aliphatic carbocycles. The van der Waals surface area contributed by atoms with Crippen LogP contribution in [0, 0.1) is 0 Å². The van der Waals surface area contributed by atoms with Crippen molar-refractivity contribution in [3.63, 3.8) is 0 Å². The molecule has 0 aliphatic heterocycles. The summed E-state index contributed by atoms with van der Waals surface area (Å²) in [4.78, 5) is 35.6. The van der Waals surface area contributed by atoms with Crippen molar-refractivity contribution >= 4 is 19.8 Å².